The summed E-state index contributed by atoms with van der Waals surface area (Å²) in [6.45, 7) is 0.894. The predicted octanol–water partition coefficient (Wildman–Crippen LogP) is 1.39. The Morgan fingerprint density at radius 1 is 1.62 bits per heavy atom. The molecule has 1 atom stereocenters. The second-order valence-electron chi connectivity index (χ2n) is 3.39. The summed E-state index contributed by atoms with van der Waals surface area (Å²) in [5.74, 6) is 0.637. The van der Waals surface area contributed by atoms with Gasteiger partial charge in [0, 0.05) is 19.2 Å². The van der Waals surface area contributed by atoms with Crippen LogP contribution in [0, 0.1) is 0 Å². The zero-order valence-corrected chi connectivity index (χ0v) is 7.57. The molecule has 70 valence electrons. The highest BCUT2D eigenvalue weighted by atomic mass is 16.5. The molecule has 1 aromatic rings. The molecule has 1 fully saturated rings. The maximum absolute atomic E-state index is 5.73. The molecule has 1 aliphatic heterocycles. The van der Waals surface area contributed by atoms with Gasteiger partial charge in [-0.25, -0.2) is 4.98 Å². The van der Waals surface area contributed by atoms with Gasteiger partial charge in [-0.3, -0.25) is 0 Å². The lowest BCUT2D eigenvalue weighted by molar-refractivity contribution is 0.111. The molecule has 3 heteroatoms. The maximum atomic E-state index is 5.73. The highest BCUT2D eigenvalue weighted by molar-refractivity contribution is 5.38. The van der Waals surface area contributed by atoms with E-state index < -0.39 is 0 Å². The summed E-state index contributed by atoms with van der Waals surface area (Å²) in [5.41, 5.74) is 6.84. The molecule has 0 aliphatic carbocycles. The van der Waals surface area contributed by atoms with E-state index in [1.54, 1.807) is 6.20 Å². The summed E-state index contributed by atoms with van der Waals surface area (Å²) < 4.78 is 5.53. The van der Waals surface area contributed by atoms with Gasteiger partial charge in [-0.15, -0.1) is 0 Å². The van der Waals surface area contributed by atoms with Gasteiger partial charge in [-0.2, -0.15) is 0 Å². The summed E-state index contributed by atoms with van der Waals surface area (Å²) >= 11 is 0. The normalized spacial score (nSPS) is 22.0. The Morgan fingerprint density at radius 3 is 3.23 bits per heavy atom. The third kappa shape index (κ3) is 1.98. The van der Waals surface area contributed by atoms with Crippen LogP contribution < -0.4 is 5.73 Å². The van der Waals surface area contributed by atoms with Gasteiger partial charge < -0.3 is 10.5 Å². The smallest absolute Gasteiger partial charge is 0.126 e. The highest BCUT2D eigenvalue weighted by Gasteiger charge is 2.16. The molecule has 0 bridgehead atoms. The van der Waals surface area contributed by atoms with Gasteiger partial charge in [0.15, 0.2) is 0 Å². The minimum atomic E-state index is 0.353. The van der Waals surface area contributed by atoms with Crippen LogP contribution in [0.4, 0.5) is 5.82 Å². The molecule has 1 aliphatic rings. The molecular formula is C10H14N2O. The topological polar surface area (TPSA) is 48.1 Å². The number of hydrogen-bond acceptors (Lipinski definition) is 3. The Hall–Kier alpha value is -1.09. The quantitative estimate of drug-likeness (QED) is 0.744. The zero-order chi connectivity index (χ0) is 9.10. The second kappa shape index (κ2) is 3.75. The van der Waals surface area contributed by atoms with E-state index in [1.165, 1.54) is 6.42 Å². The molecule has 1 aromatic heterocycles. The minimum absolute atomic E-state index is 0.353. The van der Waals surface area contributed by atoms with Crippen LogP contribution in [0.2, 0.25) is 0 Å². The number of nitrogens with zero attached hydrogens (tertiary/aromatic N) is 1. The Kier molecular flexibility index (Phi) is 2.45. The Balaban J connectivity index is 2.04. The Morgan fingerprint density at radius 2 is 2.54 bits per heavy atom. The standard InChI is InChI=1S/C10H14N2O/c11-10-8(3-1-5-12-10)7-9-4-2-6-13-9/h1,3,5,9H,2,4,6-7H2,(H2,11,12). The fourth-order valence-corrected chi connectivity index (χ4v) is 1.67. The number of aromatic nitrogens is 1. The van der Waals surface area contributed by atoms with Crippen LogP contribution >= 0.6 is 0 Å². The van der Waals surface area contributed by atoms with E-state index in [0.717, 1.165) is 25.0 Å². The van der Waals surface area contributed by atoms with E-state index in [0.29, 0.717) is 11.9 Å². The van der Waals surface area contributed by atoms with Crippen LogP contribution in [-0.2, 0) is 11.2 Å². The third-order valence-electron chi connectivity index (χ3n) is 2.40. The van der Waals surface area contributed by atoms with E-state index in [-0.39, 0.29) is 0 Å². The molecule has 2 rings (SSSR count). The van der Waals surface area contributed by atoms with Crippen LogP contribution in [0.1, 0.15) is 18.4 Å². The van der Waals surface area contributed by atoms with Gasteiger partial charge >= 0.3 is 0 Å². The predicted molar refractivity (Wildman–Crippen MR) is 51.3 cm³/mol. The Bertz CT molecular complexity index is 282. The van der Waals surface area contributed by atoms with Crippen molar-refractivity contribution in [2.75, 3.05) is 12.3 Å². The first-order valence-corrected chi connectivity index (χ1v) is 4.67. The van der Waals surface area contributed by atoms with E-state index in [4.69, 9.17) is 10.5 Å². The lowest BCUT2D eigenvalue weighted by Gasteiger charge is -2.09. The SMILES string of the molecule is Nc1ncccc1CC1CCCO1. The lowest BCUT2D eigenvalue weighted by atomic mass is 10.1. The van der Waals surface area contributed by atoms with Gasteiger partial charge in [-0.05, 0) is 24.5 Å². The third-order valence-corrected chi connectivity index (χ3v) is 2.40. The fourth-order valence-electron chi connectivity index (χ4n) is 1.67. The molecule has 0 radical (unpaired) electrons. The second-order valence-corrected chi connectivity index (χ2v) is 3.39. The van der Waals surface area contributed by atoms with Crippen molar-refractivity contribution in [1.29, 1.82) is 0 Å². The molecule has 0 spiro atoms. The van der Waals surface area contributed by atoms with Crippen molar-refractivity contribution in [2.24, 2.45) is 0 Å². The van der Waals surface area contributed by atoms with Gasteiger partial charge in [0.1, 0.15) is 5.82 Å². The summed E-state index contributed by atoms with van der Waals surface area (Å²) in [5, 5.41) is 0. The van der Waals surface area contributed by atoms with Crippen LogP contribution in [0.15, 0.2) is 18.3 Å². The van der Waals surface area contributed by atoms with Crippen LogP contribution in [0.25, 0.3) is 0 Å². The summed E-state index contributed by atoms with van der Waals surface area (Å²) in [7, 11) is 0. The summed E-state index contributed by atoms with van der Waals surface area (Å²) in [6, 6.07) is 3.94. The molecule has 13 heavy (non-hydrogen) atoms. The van der Waals surface area contributed by atoms with E-state index in [1.807, 2.05) is 12.1 Å². The maximum Gasteiger partial charge on any atom is 0.126 e. The highest BCUT2D eigenvalue weighted by Crippen LogP contribution is 2.19. The van der Waals surface area contributed by atoms with Crippen molar-refractivity contribution in [3.8, 4) is 0 Å². The average molecular weight is 178 g/mol. The van der Waals surface area contributed by atoms with Gasteiger partial charge in [0.2, 0.25) is 0 Å². The van der Waals surface area contributed by atoms with Crippen molar-refractivity contribution < 1.29 is 4.74 Å². The van der Waals surface area contributed by atoms with E-state index >= 15 is 0 Å². The molecule has 3 nitrogen and oxygen atoms in total. The van der Waals surface area contributed by atoms with Gasteiger partial charge in [0.05, 0.1) is 6.10 Å². The van der Waals surface area contributed by atoms with Crippen molar-refractivity contribution in [3.63, 3.8) is 0 Å². The molecule has 0 saturated carbocycles. The Labute approximate surface area is 77.9 Å². The first-order valence-electron chi connectivity index (χ1n) is 4.67. The van der Waals surface area contributed by atoms with Crippen LogP contribution in [0.3, 0.4) is 0 Å². The average Bonchev–Trinajstić information content (AvgIpc) is 2.61. The molecule has 1 saturated heterocycles. The van der Waals surface area contributed by atoms with Crippen molar-refractivity contribution in [2.45, 2.75) is 25.4 Å². The molecule has 1 unspecified atom stereocenters. The molecule has 2 N–H and O–H groups in total. The number of pyridine rings is 1. The number of anilines is 1. The monoisotopic (exact) mass is 178 g/mol. The first kappa shape index (κ1) is 8.51. The van der Waals surface area contributed by atoms with E-state index in [9.17, 15) is 0 Å². The largest absolute Gasteiger partial charge is 0.383 e. The molecule has 2 heterocycles. The van der Waals surface area contributed by atoms with E-state index in [2.05, 4.69) is 4.98 Å². The molecule has 0 aromatic carbocycles. The van der Waals surface area contributed by atoms with Crippen LogP contribution in [0.5, 0.6) is 0 Å². The number of hydrogen-bond donors (Lipinski definition) is 1. The molecule has 0 amide bonds. The first-order chi connectivity index (χ1) is 6.36. The van der Waals surface area contributed by atoms with Gasteiger partial charge in [-0.1, -0.05) is 6.07 Å². The number of nitrogens with two attached hydrogens (primary N) is 1. The number of nitrogen functional groups attached to an aromatic ring is 1. The summed E-state index contributed by atoms with van der Waals surface area (Å²) in [4.78, 5) is 4.04. The fraction of sp³-hybridized carbons (Fsp3) is 0.500. The lowest BCUT2D eigenvalue weighted by Crippen LogP contribution is -2.10. The molecular weight excluding hydrogens is 164 g/mol. The van der Waals surface area contributed by atoms with Crippen molar-refractivity contribution in [1.82, 2.24) is 4.98 Å². The zero-order valence-electron chi connectivity index (χ0n) is 7.57. The van der Waals surface area contributed by atoms with Crippen molar-refractivity contribution in [3.05, 3.63) is 23.9 Å². The minimum Gasteiger partial charge on any atom is -0.383 e. The van der Waals surface area contributed by atoms with Gasteiger partial charge in [0.25, 0.3) is 0 Å². The van der Waals surface area contributed by atoms with Crippen LogP contribution in [-0.4, -0.2) is 17.7 Å². The van der Waals surface area contributed by atoms with Crippen molar-refractivity contribution >= 4 is 5.82 Å². The number of ether oxygens (including phenoxy) is 1. The number of rotatable bonds is 2. The summed E-state index contributed by atoms with van der Waals surface area (Å²) in [6.07, 6.45) is 5.29.